The Morgan fingerprint density at radius 2 is 2.12 bits per heavy atom. The van der Waals surface area contributed by atoms with Crippen molar-refractivity contribution in [2.75, 3.05) is 0 Å². The molecule has 0 unspecified atom stereocenters. The maximum Gasteiger partial charge on any atom is 0.275 e. The fraction of sp³-hybridized carbons (Fsp3) is 0.214. The number of nitrogens with zero attached hydrogens (tertiary/aromatic N) is 5. The Bertz CT molecular complexity index is 1190. The molecular weight excluding hydrogens is 366 g/mol. The summed E-state index contributed by atoms with van der Waals surface area (Å²) in [5.41, 5.74) is 1.09. The van der Waals surface area contributed by atoms with Crippen LogP contribution in [0.25, 0.3) is 15.2 Å². The average molecular weight is 377 g/mol. The number of hydrogen-bond acceptors (Lipinski definition) is 8. The summed E-state index contributed by atoms with van der Waals surface area (Å²) < 4.78 is 3.49. The molecule has 10 heteroatoms. The van der Waals surface area contributed by atoms with Gasteiger partial charge in [0, 0.05) is 18.9 Å². The lowest BCUT2D eigenvalue weighted by atomic mass is 10.4. The summed E-state index contributed by atoms with van der Waals surface area (Å²) in [6.07, 6.45) is 0. The molecule has 4 heterocycles. The molecule has 0 spiro atoms. The molecular formula is C14H11N5O2S3. The molecule has 0 fully saturated rings. The fourth-order valence-electron chi connectivity index (χ4n) is 2.26. The van der Waals surface area contributed by atoms with E-state index < -0.39 is 0 Å². The third-order valence-electron chi connectivity index (χ3n) is 3.39. The van der Waals surface area contributed by atoms with E-state index in [0.717, 1.165) is 5.01 Å². The van der Waals surface area contributed by atoms with E-state index in [2.05, 4.69) is 15.1 Å². The molecule has 0 aromatic carbocycles. The highest BCUT2D eigenvalue weighted by Gasteiger charge is 2.12. The first-order valence-corrected chi connectivity index (χ1v) is 9.64. The van der Waals surface area contributed by atoms with Gasteiger partial charge in [0.05, 0.1) is 11.2 Å². The zero-order chi connectivity index (χ0) is 16.8. The van der Waals surface area contributed by atoms with Gasteiger partial charge in [0.25, 0.3) is 11.1 Å². The molecule has 4 aromatic heterocycles. The van der Waals surface area contributed by atoms with Crippen LogP contribution in [0, 0.1) is 6.92 Å². The Labute approximate surface area is 147 Å². The molecule has 0 saturated heterocycles. The highest BCUT2D eigenvalue weighted by Crippen LogP contribution is 2.22. The van der Waals surface area contributed by atoms with Crippen LogP contribution in [-0.4, -0.2) is 24.1 Å². The van der Waals surface area contributed by atoms with Crippen LogP contribution in [0.4, 0.5) is 0 Å². The van der Waals surface area contributed by atoms with E-state index in [-0.39, 0.29) is 11.1 Å². The zero-order valence-electron chi connectivity index (χ0n) is 12.7. The first-order chi connectivity index (χ1) is 11.5. The molecule has 24 heavy (non-hydrogen) atoms. The Balaban J connectivity index is 1.69. The van der Waals surface area contributed by atoms with Crippen molar-refractivity contribution in [2.24, 2.45) is 7.05 Å². The summed E-state index contributed by atoms with van der Waals surface area (Å²) in [7, 11) is 1.70. The third-order valence-corrected chi connectivity index (χ3v) is 6.17. The molecule has 7 nitrogen and oxygen atoms in total. The molecule has 122 valence electrons. The lowest BCUT2D eigenvalue weighted by molar-refractivity contribution is 0.727. The van der Waals surface area contributed by atoms with Gasteiger partial charge in [-0.05, 0) is 18.4 Å². The summed E-state index contributed by atoms with van der Waals surface area (Å²) in [6.45, 7) is 1.84. The number of thiophene rings is 1. The van der Waals surface area contributed by atoms with Gasteiger partial charge in [0.15, 0.2) is 5.16 Å². The summed E-state index contributed by atoms with van der Waals surface area (Å²) in [5.74, 6) is 0.457. The summed E-state index contributed by atoms with van der Waals surface area (Å²) >= 11 is 4.15. The minimum atomic E-state index is -0.199. The van der Waals surface area contributed by atoms with Gasteiger partial charge in [-0.1, -0.05) is 23.1 Å². The lowest BCUT2D eigenvalue weighted by Gasteiger charge is -2.06. The van der Waals surface area contributed by atoms with Crippen LogP contribution >= 0.6 is 34.4 Å². The molecule has 0 bridgehead atoms. The van der Waals surface area contributed by atoms with Crippen LogP contribution in [0.15, 0.2) is 32.3 Å². The number of hydrogen-bond donors (Lipinski definition) is 0. The van der Waals surface area contributed by atoms with Crippen molar-refractivity contribution >= 4 is 49.6 Å². The second kappa shape index (κ2) is 5.80. The Morgan fingerprint density at radius 3 is 2.96 bits per heavy atom. The van der Waals surface area contributed by atoms with Crippen molar-refractivity contribution < 1.29 is 0 Å². The third kappa shape index (κ3) is 2.56. The molecule has 4 rings (SSSR count). The highest BCUT2D eigenvalue weighted by molar-refractivity contribution is 7.98. The smallest absolute Gasteiger partial charge is 0.275 e. The second-order valence-corrected chi connectivity index (χ2v) is 8.10. The quantitative estimate of drug-likeness (QED) is 0.401. The van der Waals surface area contributed by atoms with Crippen molar-refractivity contribution in [3.05, 3.63) is 48.9 Å². The van der Waals surface area contributed by atoms with Crippen LogP contribution in [-0.2, 0) is 12.8 Å². The van der Waals surface area contributed by atoms with E-state index >= 15 is 0 Å². The number of fused-ring (bicyclic) bond motifs is 2. The van der Waals surface area contributed by atoms with E-state index in [1.54, 1.807) is 7.05 Å². The molecule has 0 aliphatic heterocycles. The molecule has 0 N–H and O–H groups in total. The molecule has 0 atom stereocenters. The molecule has 0 radical (unpaired) electrons. The Kier molecular flexibility index (Phi) is 3.74. The van der Waals surface area contributed by atoms with Crippen molar-refractivity contribution in [1.82, 2.24) is 24.1 Å². The van der Waals surface area contributed by atoms with Gasteiger partial charge in [-0.3, -0.25) is 14.2 Å². The molecule has 0 aliphatic carbocycles. The van der Waals surface area contributed by atoms with Crippen molar-refractivity contribution in [1.29, 1.82) is 0 Å². The van der Waals surface area contributed by atoms with E-state index in [1.807, 2.05) is 18.4 Å². The fourth-order valence-corrected chi connectivity index (χ4v) is 4.70. The van der Waals surface area contributed by atoms with Gasteiger partial charge in [-0.25, -0.2) is 9.97 Å². The maximum atomic E-state index is 12.3. The minimum Gasteiger partial charge on any atom is -0.290 e. The van der Waals surface area contributed by atoms with Gasteiger partial charge in [0.1, 0.15) is 9.71 Å². The monoisotopic (exact) mass is 377 g/mol. The van der Waals surface area contributed by atoms with E-state index in [1.165, 1.54) is 49.6 Å². The van der Waals surface area contributed by atoms with Crippen LogP contribution in [0.1, 0.15) is 10.7 Å². The topological polar surface area (TPSA) is 82.2 Å². The van der Waals surface area contributed by atoms with E-state index in [4.69, 9.17) is 0 Å². The van der Waals surface area contributed by atoms with Crippen molar-refractivity contribution in [3.63, 3.8) is 0 Å². The van der Waals surface area contributed by atoms with Gasteiger partial charge in [-0.2, -0.15) is 9.61 Å². The van der Waals surface area contributed by atoms with Crippen molar-refractivity contribution in [3.8, 4) is 0 Å². The van der Waals surface area contributed by atoms with E-state index in [0.29, 0.717) is 31.8 Å². The predicted octanol–water partition coefficient (Wildman–Crippen LogP) is 2.06. The normalized spacial score (nSPS) is 11.6. The largest absolute Gasteiger partial charge is 0.290 e. The number of aromatic nitrogens is 5. The summed E-state index contributed by atoms with van der Waals surface area (Å²) in [5, 5.41) is 7.37. The molecule has 0 amide bonds. The summed E-state index contributed by atoms with van der Waals surface area (Å²) in [6, 6.07) is 3.31. The van der Waals surface area contributed by atoms with Gasteiger partial charge >= 0.3 is 0 Å². The average Bonchev–Trinajstić information content (AvgIpc) is 3.15. The second-order valence-electron chi connectivity index (χ2n) is 5.08. The molecule has 0 saturated carbocycles. The molecule has 4 aromatic rings. The van der Waals surface area contributed by atoms with Crippen LogP contribution in [0.3, 0.4) is 0 Å². The molecule has 0 aliphatic rings. The zero-order valence-corrected chi connectivity index (χ0v) is 15.2. The first kappa shape index (κ1) is 15.5. The van der Waals surface area contributed by atoms with Crippen molar-refractivity contribution in [2.45, 2.75) is 17.8 Å². The van der Waals surface area contributed by atoms with Crippen LogP contribution in [0.5, 0.6) is 0 Å². The van der Waals surface area contributed by atoms with Gasteiger partial charge in [0.2, 0.25) is 4.96 Å². The van der Waals surface area contributed by atoms with E-state index in [9.17, 15) is 9.59 Å². The predicted molar refractivity (Wildman–Crippen MR) is 96.3 cm³/mol. The van der Waals surface area contributed by atoms with Crippen LogP contribution < -0.4 is 11.1 Å². The Hall–Kier alpha value is -2.04. The number of thioether (sulfide) groups is 1. The van der Waals surface area contributed by atoms with Crippen LogP contribution in [0.2, 0.25) is 0 Å². The standard InChI is InChI=1S/C14H11N5O2S3/c1-7-17-19-10(20)5-8(15-14(19)24-7)6-23-13-16-9-3-4-22-11(9)12(21)18(13)2/h3-5H,6H2,1-2H3. The highest BCUT2D eigenvalue weighted by atomic mass is 32.2. The first-order valence-electron chi connectivity index (χ1n) is 6.96. The summed E-state index contributed by atoms with van der Waals surface area (Å²) in [4.78, 5) is 33.9. The van der Waals surface area contributed by atoms with Gasteiger partial charge in [-0.15, -0.1) is 11.3 Å². The minimum absolute atomic E-state index is 0.0564. The SMILES string of the molecule is Cc1nn2c(=O)cc(CSc3nc4ccsc4c(=O)n3C)nc2s1. The maximum absolute atomic E-state index is 12.3. The Morgan fingerprint density at radius 1 is 1.29 bits per heavy atom. The number of rotatable bonds is 3. The lowest BCUT2D eigenvalue weighted by Crippen LogP contribution is -2.19. The van der Waals surface area contributed by atoms with Gasteiger partial charge < -0.3 is 0 Å². The number of aryl methyl sites for hydroxylation is 1.